The number of carbonyl (C=O) groups is 1. The summed E-state index contributed by atoms with van der Waals surface area (Å²) in [4.78, 5) is 11.1. The Balaban J connectivity index is 2.62. The van der Waals surface area contributed by atoms with Crippen LogP contribution in [0.5, 0.6) is 0 Å². The number of aldehydes is 1. The summed E-state index contributed by atoms with van der Waals surface area (Å²) in [6.45, 7) is 3.40. The summed E-state index contributed by atoms with van der Waals surface area (Å²) in [5.74, 6) is 0. The molecule has 16 heavy (non-hydrogen) atoms. The predicted molar refractivity (Wildman–Crippen MR) is 63.9 cm³/mol. The maximum Gasteiger partial charge on any atom is 0.152 e. The van der Waals surface area contributed by atoms with Crippen molar-refractivity contribution in [1.82, 2.24) is 4.57 Å². The number of ether oxygens (including phenoxy) is 1. The van der Waals surface area contributed by atoms with Crippen molar-refractivity contribution in [1.29, 1.82) is 0 Å². The van der Waals surface area contributed by atoms with Gasteiger partial charge in [-0.15, -0.1) is 0 Å². The molecule has 1 aromatic heterocycles. The number of rotatable bonds is 4. The van der Waals surface area contributed by atoms with Crippen molar-refractivity contribution in [2.75, 3.05) is 13.7 Å². The van der Waals surface area contributed by atoms with Gasteiger partial charge in [0.15, 0.2) is 6.29 Å². The fraction of sp³-hybridized carbons (Fsp3) is 0.308. The summed E-state index contributed by atoms with van der Waals surface area (Å²) in [5, 5.41) is 1.02. The van der Waals surface area contributed by atoms with Crippen molar-refractivity contribution >= 4 is 17.2 Å². The van der Waals surface area contributed by atoms with Crippen molar-refractivity contribution in [2.45, 2.75) is 13.5 Å². The van der Waals surface area contributed by atoms with Gasteiger partial charge in [-0.1, -0.05) is 18.2 Å². The lowest BCUT2D eigenvalue weighted by Crippen LogP contribution is -2.05. The SMILES string of the molecule is COCCn1c(C)c(C=O)c2ccccc21. The summed E-state index contributed by atoms with van der Waals surface area (Å²) in [5.41, 5.74) is 2.89. The first kappa shape index (κ1) is 10.9. The first-order chi connectivity index (χ1) is 7.79. The number of methoxy groups -OCH3 is 1. The molecule has 3 heteroatoms. The van der Waals surface area contributed by atoms with Gasteiger partial charge in [-0.05, 0) is 13.0 Å². The van der Waals surface area contributed by atoms with Crippen molar-refractivity contribution in [3.63, 3.8) is 0 Å². The number of nitrogens with zero attached hydrogens (tertiary/aromatic N) is 1. The number of hydrogen-bond acceptors (Lipinski definition) is 2. The molecule has 0 saturated heterocycles. The third-order valence-corrected chi connectivity index (χ3v) is 2.92. The van der Waals surface area contributed by atoms with Crippen molar-refractivity contribution in [2.24, 2.45) is 0 Å². The van der Waals surface area contributed by atoms with Gasteiger partial charge in [0.1, 0.15) is 0 Å². The number of para-hydroxylation sites is 1. The molecule has 1 heterocycles. The summed E-state index contributed by atoms with van der Waals surface area (Å²) in [7, 11) is 1.68. The molecule has 0 spiro atoms. The average molecular weight is 217 g/mol. The van der Waals surface area contributed by atoms with Gasteiger partial charge in [-0.3, -0.25) is 4.79 Å². The number of aromatic nitrogens is 1. The molecule has 3 nitrogen and oxygen atoms in total. The lowest BCUT2D eigenvalue weighted by molar-refractivity contribution is 0.112. The van der Waals surface area contributed by atoms with Crippen LogP contribution in [0.25, 0.3) is 10.9 Å². The number of hydrogen-bond donors (Lipinski definition) is 0. The van der Waals surface area contributed by atoms with E-state index < -0.39 is 0 Å². The van der Waals surface area contributed by atoms with Crippen molar-refractivity contribution < 1.29 is 9.53 Å². The van der Waals surface area contributed by atoms with Crippen LogP contribution in [0.2, 0.25) is 0 Å². The van der Waals surface area contributed by atoms with Crippen LogP contribution >= 0.6 is 0 Å². The fourth-order valence-electron chi connectivity index (χ4n) is 2.08. The van der Waals surface area contributed by atoms with Crippen LogP contribution in [-0.4, -0.2) is 24.6 Å². The van der Waals surface area contributed by atoms with E-state index in [9.17, 15) is 4.79 Å². The van der Waals surface area contributed by atoms with Crippen LogP contribution in [0.1, 0.15) is 16.1 Å². The van der Waals surface area contributed by atoms with Gasteiger partial charge in [0.2, 0.25) is 0 Å². The van der Waals surface area contributed by atoms with Crippen LogP contribution in [0, 0.1) is 6.92 Å². The van der Waals surface area contributed by atoms with Crippen LogP contribution in [-0.2, 0) is 11.3 Å². The van der Waals surface area contributed by atoms with Gasteiger partial charge in [0, 0.05) is 35.8 Å². The normalized spacial score (nSPS) is 10.9. The highest BCUT2D eigenvalue weighted by Gasteiger charge is 2.12. The molecule has 0 fully saturated rings. The number of fused-ring (bicyclic) bond motifs is 1. The molecule has 2 aromatic rings. The molecule has 1 aromatic carbocycles. The zero-order valence-electron chi connectivity index (χ0n) is 9.56. The minimum absolute atomic E-state index is 0.651. The molecular formula is C13H15NO2. The first-order valence-electron chi connectivity index (χ1n) is 5.31. The smallest absolute Gasteiger partial charge is 0.152 e. The van der Waals surface area contributed by atoms with Crippen LogP contribution in [0.15, 0.2) is 24.3 Å². The third kappa shape index (κ3) is 1.63. The maximum absolute atomic E-state index is 11.1. The monoisotopic (exact) mass is 217 g/mol. The minimum atomic E-state index is 0.651. The number of benzene rings is 1. The Kier molecular flexibility index (Phi) is 3.06. The molecule has 0 atom stereocenters. The molecule has 0 aliphatic carbocycles. The van der Waals surface area contributed by atoms with Gasteiger partial charge in [-0.25, -0.2) is 0 Å². The van der Waals surface area contributed by atoms with E-state index in [0.29, 0.717) is 6.61 Å². The summed E-state index contributed by atoms with van der Waals surface area (Å²) in [6, 6.07) is 7.95. The molecule has 0 bridgehead atoms. The lowest BCUT2D eigenvalue weighted by atomic mass is 10.1. The second-order valence-corrected chi connectivity index (χ2v) is 3.78. The molecule has 84 valence electrons. The predicted octanol–water partition coefficient (Wildman–Crippen LogP) is 2.41. The lowest BCUT2D eigenvalue weighted by Gasteiger charge is -2.06. The summed E-state index contributed by atoms with van der Waals surface area (Å²) >= 11 is 0. The average Bonchev–Trinajstić information content (AvgIpc) is 2.58. The van der Waals surface area contributed by atoms with E-state index in [2.05, 4.69) is 4.57 Å². The highest BCUT2D eigenvalue weighted by Crippen LogP contribution is 2.24. The van der Waals surface area contributed by atoms with Gasteiger partial charge < -0.3 is 9.30 Å². The van der Waals surface area contributed by atoms with Gasteiger partial charge in [-0.2, -0.15) is 0 Å². The molecule has 0 N–H and O–H groups in total. The summed E-state index contributed by atoms with van der Waals surface area (Å²) < 4.78 is 7.21. The molecule has 0 amide bonds. The molecule has 0 radical (unpaired) electrons. The molecule has 0 saturated carbocycles. The second-order valence-electron chi connectivity index (χ2n) is 3.78. The Hall–Kier alpha value is -1.61. The zero-order valence-corrected chi connectivity index (χ0v) is 9.56. The topological polar surface area (TPSA) is 31.2 Å². The zero-order chi connectivity index (χ0) is 11.5. The van der Waals surface area contributed by atoms with Crippen LogP contribution in [0.3, 0.4) is 0 Å². The van der Waals surface area contributed by atoms with Crippen molar-refractivity contribution in [3.8, 4) is 0 Å². The largest absolute Gasteiger partial charge is 0.383 e. The Labute approximate surface area is 94.6 Å². The van der Waals surface area contributed by atoms with E-state index >= 15 is 0 Å². The second kappa shape index (κ2) is 4.49. The highest BCUT2D eigenvalue weighted by molar-refractivity contribution is 5.99. The van der Waals surface area contributed by atoms with Crippen LogP contribution < -0.4 is 0 Å². The van der Waals surface area contributed by atoms with Gasteiger partial charge in [0.25, 0.3) is 0 Å². The first-order valence-corrected chi connectivity index (χ1v) is 5.31. The molecule has 0 aliphatic heterocycles. The Morgan fingerprint density at radius 2 is 2.12 bits per heavy atom. The summed E-state index contributed by atoms with van der Waals surface area (Å²) in [6.07, 6.45) is 0.932. The van der Waals surface area contributed by atoms with Gasteiger partial charge in [0.05, 0.1) is 6.61 Å². The fourth-order valence-corrected chi connectivity index (χ4v) is 2.08. The van der Waals surface area contributed by atoms with E-state index in [1.165, 1.54) is 0 Å². The Bertz CT molecular complexity index is 514. The molecule has 2 rings (SSSR count). The standard InChI is InChI=1S/C13H15NO2/c1-10-12(9-15)11-5-3-4-6-13(11)14(10)7-8-16-2/h3-6,9H,7-8H2,1-2H3. The Morgan fingerprint density at radius 1 is 1.38 bits per heavy atom. The van der Waals surface area contributed by atoms with E-state index in [1.807, 2.05) is 31.2 Å². The molecule has 0 aliphatic rings. The van der Waals surface area contributed by atoms with E-state index in [1.54, 1.807) is 7.11 Å². The van der Waals surface area contributed by atoms with Crippen molar-refractivity contribution in [3.05, 3.63) is 35.5 Å². The maximum atomic E-state index is 11.1. The van der Waals surface area contributed by atoms with Crippen LogP contribution in [0.4, 0.5) is 0 Å². The third-order valence-electron chi connectivity index (χ3n) is 2.92. The van der Waals surface area contributed by atoms with E-state index in [0.717, 1.165) is 35.0 Å². The van der Waals surface area contributed by atoms with E-state index in [-0.39, 0.29) is 0 Å². The number of carbonyl (C=O) groups excluding carboxylic acids is 1. The van der Waals surface area contributed by atoms with E-state index in [4.69, 9.17) is 4.74 Å². The minimum Gasteiger partial charge on any atom is -0.383 e. The highest BCUT2D eigenvalue weighted by atomic mass is 16.5. The Morgan fingerprint density at radius 3 is 2.81 bits per heavy atom. The quantitative estimate of drug-likeness (QED) is 0.736. The van der Waals surface area contributed by atoms with Gasteiger partial charge >= 0.3 is 0 Å². The molecular weight excluding hydrogens is 202 g/mol. The molecule has 0 unspecified atom stereocenters.